The topological polar surface area (TPSA) is 135 Å². The molecule has 4 rings (SSSR count). The second-order valence-corrected chi connectivity index (χ2v) is 10.8. The minimum Gasteiger partial charge on any atom is -0.490 e. The van der Waals surface area contributed by atoms with Gasteiger partial charge in [-0.15, -0.1) is 0 Å². The number of aromatic nitrogens is 1. The van der Waals surface area contributed by atoms with Crippen LogP contribution in [0.2, 0.25) is 0 Å². The van der Waals surface area contributed by atoms with Crippen LogP contribution in [0.25, 0.3) is 5.69 Å². The lowest BCUT2D eigenvalue weighted by atomic mass is 9.95. The van der Waals surface area contributed by atoms with Crippen LogP contribution in [-0.2, 0) is 9.53 Å². The average molecular weight is 688 g/mol. The molecule has 4 N–H and O–H groups in total. The fourth-order valence-corrected chi connectivity index (χ4v) is 5.08. The Morgan fingerprint density at radius 3 is 2.57 bits per heavy atom. The summed E-state index contributed by atoms with van der Waals surface area (Å²) >= 11 is 2.28. The van der Waals surface area contributed by atoms with E-state index in [2.05, 4.69) is 72.6 Å². The van der Waals surface area contributed by atoms with Crippen molar-refractivity contribution >= 4 is 40.8 Å². The lowest BCUT2D eigenvalue weighted by Gasteiger charge is -2.28. The molecule has 12 heteroatoms. The van der Waals surface area contributed by atoms with Crippen molar-refractivity contribution in [2.24, 2.45) is 5.10 Å². The smallest absolute Gasteiger partial charge is 0.337 e. The zero-order valence-electron chi connectivity index (χ0n) is 24.0. The molecule has 0 bridgehead atoms. The molecule has 42 heavy (non-hydrogen) atoms. The SMILES string of the molecule is CCOc1cc([C@H]2NC(=O)NC(C)=C2C(=O)OC)ccc1OC[C@H](O)N/N=C/c1cc(C)n(-c2ccc(I)cc2)c1C. The second-order valence-electron chi connectivity index (χ2n) is 9.55. The summed E-state index contributed by atoms with van der Waals surface area (Å²) in [4.78, 5) is 24.6. The van der Waals surface area contributed by atoms with Gasteiger partial charge in [0.15, 0.2) is 17.7 Å². The number of hydrogen-bond donors (Lipinski definition) is 4. The van der Waals surface area contributed by atoms with Gasteiger partial charge in [-0.1, -0.05) is 6.07 Å². The predicted molar refractivity (Wildman–Crippen MR) is 167 cm³/mol. The van der Waals surface area contributed by atoms with Crippen molar-refractivity contribution in [1.82, 2.24) is 20.6 Å². The first-order chi connectivity index (χ1) is 20.1. The zero-order chi connectivity index (χ0) is 30.4. The normalized spacial score (nSPS) is 15.7. The first-order valence-corrected chi connectivity index (χ1v) is 14.4. The van der Waals surface area contributed by atoms with Crippen molar-refractivity contribution in [3.63, 3.8) is 0 Å². The van der Waals surface area contributed by atoms with E-state index in [1.54, 1.807) is 31.3 Å². The molecule has 2 aromatic carbocycles. The fourth-order valence-electron chi connectivity index (χ4n) is 4.72. The lowest BCUT2D eigenvalue weighted by molar-refractivity contribution is -0.136. The number of hydrazone groups is 1. The fraction of sp³-hybridized carbons (Fsp3) is 0.300. The summed E-state index contributed by atoms with van der Waals surface area (Å²) in [5.41, 5.74) is 8.06. The number of carbonyl (C=O) groups excluding carboxylic acids is 2. The highest BCUT2D eigenvalue weighted by molar-refractivity contribution is 14.1. The van der Waals surface area contributed by atoms with E-state index in [-0.39, 0.29) is 12.2 Å². The summed E-state index contributed by atoms with van der Waals surface area (Å²) < 4.78 is 19.8. The number of ether oxygens (including phenoxy) is 3. The molecule has 0 saturated carbocycles. The molecule has 1 aromatic heterocycles. The number of halogens is 1. The molecule has 0 radical (unpaired) electrons. The van der Waals surface area contributed by atoms with Crippen LogP contribution >= 0.6 is 22.6 Å². The van der Waals surface area contributed by atoms with Gasteiger partial charge in [-0.05, 0) is 98.3 Å². The number of aliphatic hydroxyl groups is 1. The summed E-state index contributed by atoms with van der Waals surface area (Å²) in [5, 5.41) is 20.0. The third-order valence-electron chi connectivity index (χ3n) is 6.65. The van der Waals surface area contributed by atoms with Crippen molar-refractivity contribution in [3.8, 4) is 17.2 Å². The number of carbonyl (C=O) groups is 2. The number of amides is 2. The van der Waals surface area contributed by atoms with Crippen LogP contribution in [0.4, 0.5) is 4.79 Å². The molecule has 0 fully saturated rings. The summed E-state index contributed by atoms with van der Waals surface area (Å²) in [6.07, 6.45) is 0.562. The van der Waals surface area contributed by atoms with Crippen LogP contribution in [0.1, 0.15) is 42.4 Å². The highest BCUT2D eigenvalue weighted by Gasteiger charge is 2.32. The molecule has 3 aromatic rings. The number of allylic oxidation sites excluding steroid dienone is 1. The molecular formula is C30H34IN5O6. The number of benzene rings is 2. The molecule has 1 aliphatic heterocycles. The van der Waals surface area contributed by atoms with Gasteiger partial charge >= 0.3 is 12.0 Å². The second kappa shape index (κ2) is 13.7. The van der Waals surface area contributed by atoms with Gasteiger partial charge < -0.3 is 34.5 Å². The van der Waals surface area contributed by atoms with E-state index in [1.807, 2.05) is 26.8 Å². The van der Waals surface area contributed by atoms with Gasteiger partial charge in [-0.2, -0.15) is 5.10 Å². The van der Waals surface area contributed by atoms with Crippen LogP contribution < -0.4 is 25.5 Å². The van der Waals surface area contributed by atoms with Crippen molar-refractivity contribution in [3.05, 3.63) is 85.9 Å². The third-order valence-corrected chi connectivity index (χ3v) is 7.37. The number of nitrogens with zero attached hydrogens (tertiary/aromatic N) is 2. The van der Waals surface area contributed by atoms with Crippen molar-refractivity contribution in [2.45, 2.75) is 40.0 Å². The first-order valence-electron chi connectivity index (χ1n) is 13.3. The third kappa shape index (κ3) is 7.05. The molecule has 222 valence electrons. The van der Waals surface area contributed by atoms with Crippen LogP contribution in [-0.4, -0.2) is 54.4 Å². The van der Waals surface area contributed by atoms with Gasteiger partial charge in [0.05, 0.1) is 31.5 Å². The average Bonchev–Trinajstić information content (AvgIpc) is 3.24. The number of esters is 1. The van der Waals surface area contributed by atoms with Gasteiger partial charge in [0.2, 0.25) is 0 Å². The lowest BCUT2D eigenvalue weighted by Crippen LogP contribution is -2.45. The van der Waals surface area contributed by atoms with E-state index >= 15 is 0 Å². The maximum atomic E-state index is 12.4. The number of aryl methyl sites for hydroxylation is 1. The number of hydrogen-bond acceptors (Lipinski definition) is 8. The Hall–Kier alpha value is -4.04. The number of nitrogens with one attached hydrogen (secondary N) is 3. The van der Waals surface area contributed by atoms with Crippen LogP contribution in [0, 0.1) is 17.4 Å². The van der Waals surface area contributed by atoms with Crippen LogP contribution in [0.5, 0.6) is 11.5 Å². The zero-order valence-corrected chi connectivity index (χ0v) is 26.2. The Labute approximate surface area is 258 Å². The van der Waals surface area contributed by atoms with Crippen molar-refractivity contribution in [1.29, 1.82) is 0 Å². The number of urea groups is 1. The molecule has 2 heterocycles. The number of methoxy groups -OCH3 is 1. The van der Waals surface area contributed by atoms with Gasteiger partial charge in [-0.3, -0.25) is 5.43 Å². The molecule has 2 atom stereocenters. The van der Waals surface area contributed by atoms with Crippen molar-refractivity contribution < 1.29 is 28.9 Å². The maximum Gasteiger partial charge on any atom is 0.337 e. The minimum atomic E-state index is -1.10. The summed E-state index contributed by atoms with van der Waals surface area (Å²) in [6.45, 7) is 7.75. The monoisotopic (exact) mass is 687 g/mol. The van der Waals surface area contributed by atoms with E-state index in [4.69, 9.17) is 14.2 Å². The maximum absolute atomic E-state index is 12.4. The Morgan fingerprint density at radius 1 is 1.14 bits per heavy atom. The Bertz CT molecular complexity index is 1520. The minimum absolute atomic E-state index is 0.116. The van der Waals surface area contributed by atoms with E-state index < -0.39 is 24.3 Å². The molecular weight excluding hydrogens is 653 g/mol. The van der Waals surface area contributed by atoms with E-state index in [0.29, 0.717) is 29.4 Å². The summed E-state index contributed by atoms with van der Waals surface area (Å²) in [7, 11) is 1.28. The highest BCUT2D eigenvalue weighted by Crippen LogP contribution is 2.35. The van der Waals surface area contributed by atoms with Gasteiger partial charge in [0, 0.05) is 31.9 Å². The molecule has 11 nitrogen and oxygen atoms in total. The quantitative estimate of drug-likeness (QED) is 0.0780. The van der Waals surface area contributed by atoms with E-state index in [1.165, 1.54) is 10.7 Å². The largest absolute Gasteiger partial charge is 0.490 e. The Morgan fingerprint density at radius 2 is 1.88 bits per heavy atom. The molecule has 0 saturated heterocycles. The Kier molecular flexibility index (Phi) is 10.1. The van der Waals surface area contributed by atoms with Gasteiger partial charge in [0.1, 0.15) is 6.61 Å². The van der Waals surface area contributed by atoms with Crippen LogP contribution in [0.3, 0.4) is 0 Å². The predicted octanol–water partition coefficient (Wildman–Crippen LogP) is 4.22. The van der Waals surface area contributed by atoms with E-state index in [9.17, 15) is 14.7 Å². The number of aliphatic hydroxyl groups excluding tert-OH is 1. The highest BCUT2D eigenvalue weighted by atomic mass is 127. The van der Waals surface area contributed by atoms with Crippen molar-refractivity contribution in [2.75, 3.05) is 20.3 Å². The summed E-state index contributed by atoms with van der Waals surface area (Å²) in [5.74, 6) is 0.213. The molecule has 0 spiro atoms. The van der Waals surface area contributed by atoms with Gasteiger partial charge in [-0.25, -0.2) is 9.59 Å². The molecule has 0 aliphatic carbocycles. The summed E-state index contributed by atoms with van der Waals surface area (Å²) in [6, 6.07) is 14.2. The Balaban J connectivity index is 1.43. The standard InChI is InChI=1S/C30H34IN5O6/c1-6-41-25-14-20(28-27(29(38)40-5)18(3)33-30(39)34-28)7-12-24(25)42-16-26(37)35-32-15-21-13-17(2)36(19(21)4)23-10-8-22(31)9-11-23/h7-15,26,28,35,37H,6,16H2,1-5H3,(H2,33,34,39)/b32-15+/t26-,28+/m0/s1. The number of rotatable bonds is 11. The van der Waals surface area contributed by atoms with Crippen LogP contribution in [0.15, 0.2) is 64.9 Å². The molecule has 1 aliphatic rings. The first kappa shape index (κ1) is 30.9. The molecule has 2 amide bonds. The van der Waals surface area contributed by atoms with Gasteiger partial charge in [0.25, 0.3) is 0 Å². The van der Waals surface area contributed by atoms with E-state index in [0.717, 1.165) is 22.6 Å². The molecule has 0 unspecified atom stereocenters.